The summed E-state index contributed by atoms with van der Waals surface area (Å²) in [5.74, 6) is -2.87. The van der Waals surface area contributed by atoms with Gasteiger partial charge in [-0.05, 0) is 36.6 Å². The normalized spacial score (nSPS) is 13.9. The molecule has 0 spiro atoms. The molecule has 1 aromatic heterocycles. The van der Waals surface area contributed by atoms with Gasteiger partial charge in [0, 0.05) is 34.1 Å². The minimum atomic E-state index is -1.18. The lowest BCUT2D eigenvalue weighted by molar-refractivity contribution is 0.179. The summed E-state index contributed by atoms with van der Waals surface area (Å²) in [6, 6.07) is 15.2. The number of nitrogens with zero attached hydrogens (tertiary/aromatic N) is 1. The van der Waals surface area contributed by atoms with Gasteiger partial charge in [-0.2, -0.15) is 0 Å². The summed E-state index contributed by atoms with van der Waals surface area (Å²) in [4.78, 5) is 14.9. The molecule has 0 unspecified atom stereocenters. The van der Waals surface area contributed by atoms with Crippen LogP contribution in [0.5, 0.6) is 0 Å². The molecule has 1 fully saturated rings. The third kappa shape index (κ3) is 4.73. The highest BCUT2D eigenvalue weighted by atomic mass is 35.5. The SMILES string of the molecule is O=C(Nc1c(F)cc(F)cc1F)N(Cc1oc2ccc(Cl)cc2c1-c1ccccc1)C1CCCC1. The number of carbonyl (C=O) groups excluding carboxylic acids is 1. The largest absolute Gasteiger partial charge is 0.459 e. The van der Waals surface area contributed by atoms with E-state index in [0.29, 0.717) is 28.5 Å². The van der Waals surface area contributed by atoms with Crippen molar-refractivity contribution < 1.29 is 22.4 Å². The van der Waals surface area contributed by atoms with E-state index in [1.807, 2.05) is 36.4 Å². The van der Waals surface area contributed by atoms with Crippen molar-refractivity contribution in [3.05, 3.63) is 88.9 Å². The van der Waals surface area contributed by atoms with Crippen LogP contribution in [0, 0.1) is 17.5 Å². The molecule has 1 N–H and O–H groups in total. The van der Waals surface area contributed by atoms with E-state index in [1.165, 1.54) is 0 Å². The highest BCUT2D eigenvalue weighted by molar-refractivity contribution is 6.31. The van der Waals surface area contributed by atoms with Crippen molar-refractivity contribution in [1.29, 1.82) is 0 Å². The Morgan fingerprint density at radius 1 is 1.00 bits per heavy atom. The number of halogens is 4. The topological polar surface area (TPSA) is 45.5 Å². The zero-order valence-electron chi connectivity index (χ0n) is 18.7. The second kappa shape index (κ2) is 9.66. The molecule has 5 rings (SSSR count). The van der Waals surface area contributed by atoms with E-state index in [2.05, 4.69) is 5.32 Å². The van der Waals surface area contributed by atoms with Crippen LogP contribution >= 0.6 is 11.6 Å². The van der Waals surface area contributed by atoms with Gasteiger partial charge in [0.25, 0.3) is 0 Å². The van der Waals surface area contributed by atoms with Crippen molar-refractivity contribution in [3.63, 3.8) is 0 Å². The number of nitrogens with one attached hydrogen (secondary N) is 1. The van der Waals surface area contributed by atoms with Gasteiger partial charge in [0.1, 0.15) is 22.8 Å². The van der Waals surface area contributed by atoms with Crippen LogP contribution in [-0.4, -0.2) is 17.0 Å². The van der Waals surface area contributed by atoms with Crippen molar-refractivity contribution in [3.8, 4) is 11.1 Å². The van der Waals surface area contributed by atoms with Gasteiger partial charge in [-0.15, -0.1) is 0 Å². The molecule has 4 aromatic rings. The Morgan fingerprint density at radius 3 is 2.37 bits per heavy atom. The van der Waals surface area contributed by atoms with Crippen LogP contribution in [0.4, 0.5) is 23.7 Å². The Labute approximate surface area is 205 Å². The fraction of sp³-hybridized carbons (Fsp3) is 0.222. The maximum absolute atomic E-state index is 14.3. The van der Waals surface area contributed by atoms with Gasteiger partial charge >= 0.3 is 6.03 Å². The third-order valence-corrected chi connectivity index (χ3v) is 6.60. The van der Waals surface area contributed by atoms with Gasteiger partial charge < -0.3 is 14.6 Å². The molecule has 1 aliphatic carbocycles. The molecular formula is C27H22ClF3N2O2. The van der Waals surface area contributed by atoms with Gasteiger partial charge in [0.05, 0.1) is 6.54 Å². The first-order chi connectivity index (χ1) is 16.9. The van der Waals surface area contributed by atoms with Crippen LogP contribution in [0.15, 0.2) is 65.1 Å². The van der Waals surface area contributed by atoms with Crippen LogP contribution in [0.3, 0.4) is 0 Å². The molecule has 0 saturated heterocycles. The summed E-state index contributed by atoms with van der Waals surface area (Å²) in [6.07, 6.45) is 3.40. The molecular weight excluding hydrogens is 477 g/mol. The summed E-state index contributed by atoms with van der Waals surface area (Å²) in [5.41, 5.74) is 1.63. The van der Waals surface area contributed by atoms with E-state index in [-0.39, 0.29) is 12.6 Å². The second-order valence-electron chi connectivity index (χ2n) is 8.65. The van der Waals surface area contributed by atoms with Gasteiger partial charge in [0.2, 0.25) is 0 Å². The average Bonchev–Trinajstić information content (AvgIpc) is 3.48. The molecule has 1 heterocycles. The number of hydrogen-bond donors (Lipinski definition) is 1. The van der Waals surface area contributed by atoms with E-state index in [0.717, 1.165) is 42.2 Å². The number of furan rings is 1. The Hall–Kier alpha value is -3.45. The van der Waals surface area contributed by atoms with E-state index >= 15 is 0 Å². The molecule has 3 aromatic carbocycles. The number of carbonyl (C=O) groups is 1. The second-order valence-corrected chi connectivity index (χ2v) is 9.08. The van der Waals surface area contributed by atoms with Crippen LogP contribution < -0.4 is 5.32 Å². The number of fused-ring (bicyclic) bond motifs is 1. The van der Waals surface area contributed by atoms with Crippen molar-refractivity contribution in [1.82, 2.24) is 4.90 Å². The van der Waals surface area contributed by atoms with Crippen LogP contribution in [-0.2, 0) is 6.54 Å². The van der Waals surface area contributed by atoms with Gasteiger partial charge in [-0.1, -0.05) is 54.8 Å². The van der Waals surface area contributed by atoms with E-state index in [9.17, 15) is 18.0 Å². The molecule has 0 atom stereocenters. The summed E-state index contributed by atoms with van der Waals surface area (Å²) in [7, 11) is 0. The van der Waals surface area contributed by atoms with Crippen molar-refractivity contribution in [2.45, 2.75) is 38.3 Å². The fourth-order valence-corrected chi connectivity index (χ4v) is 4.90. The highest BCUT2D eigenvalue weighted by Crippen LogP contribution is 2.38. The molecule has 180 valence electrons. The summed E-state index contributed by atoms with van der Waals surface area (Å²) < 4.78 is 48.0. The average molecular weight is 499 g/mol. The molecule has 0 bridgehead atoms. The number of rotatable bonds is 5. The molecule has 4 nitrogen and oxygen atoms in total. The van der Waals surface area contributed by atoms with Gasteiger partial charge in [-0.3, -0.25) is 0 Å². The predicted octanol–water partition coefficient (Wildman–Crippen LogP) is 8.15. The number of amides is 2. The third-order valence-electron chi connectivity index (χ3n) is 6.36. The maximum Gasteiger partial charge on any atom is 0.322 e. The fourth-order valence-electron chi connectivity index (χ4n) is 4.73. The van der Waals surface area contributed by atoms with Crippen molar-refractivity contribution >= 4 is 34.3 Å². The highest BCUT2D eigenvalue weighted by Gasteiger charge is 2.30. The number of anilines is 1. The first-order valence-corrected chi connectivity index (χ1v) is 11.8. The minimum absolute atomic E-state index is 0.0808. The zero-order valence-corrected chi connectivity index (χ0v) is 19.4. The quantitative estimate of drug-likeness (QED) is 0.302. The van der Waals surface area contributed by atoms with Crippen LogP contribution in [0.2, 0.25) is 5.02 Å². The Morgan fingerprint density at radius 2 is 1.69 bits per heavy atom. The zero-order chi connectivity index (χ0) is 24.5. The van der Waals surface area contributed by atoms with Crippen molar-refractivity contribution in [2.24, 2.45) is 0 Å². The predicted molar refractivity (Wildman–Crippen MR) is 130 cm³/mol. The lowest BCUT2D eigenvalue weighted by Crippen LogP contribution is -2.41. The molecule has 1 aliphatic rings. The van der Waals surface area contributed by atoms with E-state index in [4.69, 9.17) is 16.0 Å². The lowest BCUT2D eigenvalue weighted by atomic mass is 10.0. The molecule has 2 amide bonds. The molecule has 8 heteroatoms. The molecule has 35 heavy (non-hydrogen) atoms. The molecule has 0 aliphatic heterocycles. The smallest absolute Gasteiger partial charge is 0.322 e. The van der Waals surface area contributed by atoms with E-state index in [1.54, 1.807) is 17.0 Å². The monoisotopic (exact) mass is 498 g/mol. The summed E-state index contributed by atoms with van der Waals surface area (Å²) >= 11 is 6.26. The van der Waals surface area contributed by atoms with Crippen molar-refractivity contribution in [2.75, 3.05) is 5.32 Å². The first kappa shape index (κ1) is 23.3. The van der Waals surface area contributed by atoms with Gasteiger partial charge in [-0.25, -0.2) is 18.0 Å². The van der Waals surface area contributed by atoms with E-state index < -0.39 is 29.2 Å². The standard InChI is InChI=1S/C27H22ClF3N2O2/c28-17-10-11-23-20(12-17)25(16-6-2-1-3-7-16)24(35-23)15-33(19-8-4-5-9-19)27(34)32-26-21(30)13-18(29)14-22(26)31/h1-3,6-7,10-14,19H,4-5,8-9,15H2,(H,32,34). The Bertz CT molecular complexity index is 1360. The summed E-state index contributed by atoms with van der Waals surface area (Å²) in [5, 5.41) is 3.67. The number of hydrogen-bond acceptors (Lipinski definition) is 2. The Kier molecular flexibility index (Phi) is 6.43. The first-order valence-electron chi connectivity index (χ1n) is 11.4. The Balaban J connectivity index is 1.55. The number of benzene rings is 3. The lowest BCUT2D eigenvalue weighted by Gasteiger charge is -2.29. The van der Waals surface area contributed by atoms with Gasteiger partial charge in [0.15, 0.2) is 11.6 Å². The minimum Gasteiger partial charge on any atom is -0.459 e. The summed E-state index contributed by atoms with van der Waals surface area (Å²) in [6.45, 7) is 0.0808. The van der Waals surface area contributed by atoms with Crippen LogP contribution in [0.25, 0.3) is 22.1 Å². The number of urea groups is 1. The molecule has 1 saturated carbocycles. The van der Waals surface area contributed by atoms with Crippen LogP contribution in [0.1, 0.15) is 31.4 Å². The molecule has 0 radical (unpaired) electrons. The maximum atomic E-state index is 14.3.